The lowest BCUT2D eigenvalue weighted by atomic mass is 10.6. The maximum absolute atomic E-state index is 11.6. The van der Waals surface area contributed by atoms with Crippen LogP contribution in [0, 0.1) is 0 Å². The molecule has 0 spiro atoms. The Morgan fingerprint density at radius 1 is 1.71 bits per heavy atom. The minimum atomic E-state index is -0.711. The van der Waals surface area contributed by atoms with E-state index in [9.17, 15) is 4.39 Å². The molecule has 0 unspecified atom stereocenters. The van der Waals surface area contributed by atoms with Crippen molar-refractivity contribution in [1.82, 2.24) is 0 Å². The molecule has 0 N–H and O–H groups in total. The van der Waals surface area contributed by atoms with Crippen LogP contribution in [-0.2, 0) is 0 Å². The molecule has 0 nitrogen and oxygen atoms in total. The average Bonchev–Trinajstić information content (AvgIpc) is 1.65. The molecule has 0 rings (SSSR count). The van der Waals surface area contributed by atoms with Gasteiger partial charge in [-0.1, -0.05) is 29.8 Å². The third kappa shape index (κ3) is 2.66. The van der Waals surface area contributed by atoms with E-state index in [4.69, 9.17) is 23.2 Å². The zero-order chi connectivity index (χ0) is 5.86. The molecule has 40 valence electrons. The van der Waals surface area contributed by atoms with Gasteiger partial charge in [-0.2, -0.15) is 0 Å². The van der Waals surface area contributed by atoms with Gasteiger partial charge in [-0.15, -0.1) is 0 Å². The Balaban J connectivity index is 3.82. The number of halogens is 3. The quantitative estimate of drug-likeness (QED) is 0.492. The van der Waals surface area contributed by atoms with E-state index >= 15 is 0 Å². The van der Waals surface area contributed by atoms with Crippen molar-refractivity contribution in [3.8, 4) is 0 Å². The Morgan fingerprint density at radius 2 is 2.14 bits per heavy atom. The molecule has 7 heavy (non-hydrogen) atoms. The highest BCUT2D eigenvalue weighted by Gasteiger charge is 1.91. The van der Waals surface area contributed by atoms with Gasteiger partial charge in [0.05, 0.1) is 5.03 Å². The minimum absolute atomic E-state index is 0.151. The van der Waals surface area contributed by atoms with Crippen molar-refractivity contribution in [2.24, 2.45) is 0 Å². The van der Waals surface area contributed by atoms with Gasteiger partial charge in [-0.05, 0) is 0 Å². The fourth-order valence-corrected chi connectivity index (χ4v) is 0.178. The van der Waals surface area contributed by atoms with Gasteiger partial charge in [0, 0.05) is 5.54 Å². The summed E-state index contributed by atoms with van der Waals surface area (Å²) >= 11 is 10.0. The summed E-state index contributed by atoms with van der Waals surface area (Å²) in [5.41, 5.74) is 0.921. The lowest BCUT2D eigenvalue weighted by molar-refractivity contribution is 0.667. The first-order chi connectivity index (χ1) is 3.18. The summed E-state index contributed by atoms with van der Waals surface area (Å²) in [7, 11) is 0. The molecule has 0 aliphatic heterocycles. The van der Waals surface area contributed by atoms with Crippen LogP contribution in [0.2, 0.25) is 0 Å². The fraction of sp³-hybridized carbons (Fsp3) is 0. The second-order valence-electron chi connectivity index (χ2n) is 0.862. The average molecular weight is 141 g/mol. The van der Waals surface area contributed by atoms with Crippen LogP contribution in [0.15, 0.2) is 23.0 Å². The lowest BCUT2D eigenvalue weighted by Gasteiger charge is -1.82. The molecule has 0 bridgehead atoms. The molecule has 0 amide bonds. The number of hydrogen-bond acceptors (Lipinski definition) is 0. The third-order valence-corrected chi connectivity index (χ3v) is 0.999. The summed E-state index contributed by atoms with van der Waals surface area (Å²) in [6.45, 7) is 2.87. The zero-order valence-corrected chi connectivity index (χ0v) is 4.93. The summed E-state index contributed by atoms with van der Waals surface area (Å²) < 4.78 is 11.6. The minimum Gasteiger partial charge on any atom is -0.206 e. The molecule has 0 heterocycles. The first-order valence-electron chi connectivity index (χ1n) is 1.49. The highest BCUT2D eigenvalue weighted by atomic mass is 35.5. The van der Waals surface area contributed by atoms with E-state index in [0.29, 0.717) is 0 Å². The Labute approximate surface area is 51.2 Å². The Kier molecular flexibility index (Phi) is 3.05. The lowest BCUT2D eigenvalue weighted by Crippen LogP contribution is -1.63. The van der Waals surface area contributed by atoms with Gasteiger partial charge < -0.3 is 0 Å². The van der Waals surface area contributed by atoms with Crippen LogP contribution in [0.5, 0.6) is 0 Å². The summed E-state index contributed by atoms with van der Waals surface area (Å²) in [6, 6.07) is 0. The molecule has 0 saturated carbocycles. The van der Waals surface area contributed by atoms with Crippen LogP contribution in [0.3, 0.4) is 0 Å². The van der Waals surface area contributed by atoms with Crippen LogP contribution >= 0.6 is 23.2 Å². The van der Waals surface area contributed by atoms with Crippen molar-refractivity contribution in [3.05, 3.63) is 23.0 Å². The molecule has 0 aliphatic carbocycles. The van der Waals surface area contributed by atoms with E-state index in [0.717, 1.165) is 5.54 Å². The van der Waals surface area contributed by atoms with Crippen molar-refractivity contribution in [2.75, 3.05) is 0 Å². The van der Waals surface area contributed by atoms with Gasteiger partial charge in [0.2, 0.25) is 0 Å². The second-order valence-corrected chi connectivity index (χ2v) is 1.49. The van der Waals surface area contributed by atoms with E-state index in [1.54, 1.807) is 0 Å². The smallest absolute Gasteiger partial charge is 0.135 e. The predicted molar refractivity (Wildman–Crippen MR) is 30.0 cm³/mol. The second kappa shape index (κ2) is 3.05. The van der Waals surface area contributed by atoms with Crippen LogP contribution in [0.4, 0.5) is 4.39 Å². The molecule has 0 radical (unpaired) electrons. The molecule has 0 aliphatic rings. The van der Waals surface area contributed by atoms with Crippen molar-refractivity contribution < 1.29 is 4.39 Å². The Morgan fingerprint density at radius 3 is 2.14 bits per heavy atom. The van der Waals surface area contributed by atoms with Gasteiger partial charge in [0.15, 0.2) is 0 Å². The van der Waals surface area contributed by atoms with Crippen LogP contribution in [0.25, 0.3) is 0 Å². The van der Waals surface area contributed by atoms with E-state index in [-0.39, 0.29) is 5.03 Å². The van der Waals surface area contributed by atoms with Gasteiger partial charge in [0.1, 0.15) is 5.83 Å². The molecule has 0 atom stereocenters. The largest absolute Gasteiger partial charge is 0.206 e. The predicted octanol–water partition coefficient (Wildman–Crippen LogP) is 2.79. The monoisotopic (exact) mass is 140 g/mol. The van der Waals surface area contributed by atoms with Gasteiger partial charge in [-0.25, -0.2) is 4.39 Å². The maximum Gasteiger partial charge on any atom is 0.135 e. The van der Waals surface area contributed by atoms with Crippen LogP contribution < -0.4 is 0 Å². The summed E-state index contributed by atoms with van der Waals surface area (Å²) in [5, 5.41) is -0.151. The van der Waals surface area contributed by atoms with E-state index in [1.165, 1.54) is 0 Å². The van der Waals surface area contributed by atoms with Gasteiger partial charge in [-0.3, -0.25) is 0 Å². The normalized spacial score (nSPS) is 11.6. The molecule has 0 aromatic heterocycles. The van der Waals surface area contributed by atoms with Crippen LogP contribution in [-0.4, -0.2) is 0 Å². The summed E-state index contributed by atoms with van der Waals surface area (Å²) in [4.78, 5) is 0. The molecule has 0 fully saturated rings. The van der Waals surface area contributed by atoms with Crippen molar-refractivity contribution in [1.29, 1.82) is 0 Å². The SMILES string of the molecule is C=C(F)C(Cl)=CCl. The summed E-state index contributed by atoms with van der Waals surface area (Å²) in [5.74, 6) is -0.711. The highest BCUT2D eigenvalue weighted by Crippen LogP contribution is 2.13. The summed E-state index contributed by atoms with van der Waals surface area (Å²) in [6.07, 6.45) is 0. The number of allylic oxidation sites excluding steroid dienone is 2. The van der Waals surface area contributed by atoms with E-state index < -0.39 is 5.83 Å². The van der Waals surface area contributed by atoms with Crippen molar-refractivity contribution in [3.63, 3.8) is 0 Å². The first-order valence-corrected chi connectivity index (χ1v) is 2.30. The molecule has 0 aromatic rings. The number of rotatable bonds is 1. The van der Waals surface area contributed by atoms with E-state index in [1.807, 2.05) is 0 Å². The standard InChI is InChI=1S/C4H3Cl2F/c1-3(7)4(6)2-5/h2H,1H2. The number of hydrogen-bond donors (Lipinski definition) is 0. The fourth-order valence-electron chi connectivity index (χ4n) is 0.0592. The van der Waals surface area contributed by atoms with Gasteiger partial charge in [0.25, 0.3) is 0 Å². The first kappa shape index (κ1) is 6.99. The van der Waals surface area contributed by atoms with Crippen molar-refractivity contribution >= 4 is 23.2 Å². The third-order valence-electron chi connectivity index (χ3n) is 0.355. The Hall–Kier alpha value is -0.0100. The molecule has 0 saturated heterocycles. The molecule has 3 heteroatoms. The van der Waals surface area contributed by atoms with Gasteiger partial charge >= 0.3 is 0 Å². The van der Waals surface area contributed by atoms with Crippen molar-refractivity contribution in [2.45, 2.75) is 0 Å². The molecule has 0 aromatic carbocycles. The topological polar surface area (TPSA) is 0 Å². The molecular weight excluding hydrogens is 138 g/mol. The molecular formula is C4H3Cl2F. The van der Waals surface area contributed by atoms with Crippen LogP contribution in [0.1, 0.15) is 0 Å². The zero-order valence-electron chi connectivity index (χ0n) is 3.42. The highest BCUT2D eigenvalue weighted by molar-refractivity contribution is 6.37. The Bertz CT molecular complexity index is 106. The van der Waals surface area contributed by atoms with E-state index in [2.05, 4.69) is 6.58 Å². The maximum atomic E-state index is 11.6.